The minimum absolute atomic E-state index is 0.274. The Morgan fingerprint density at radius 1 is 1.47 bits per heavy atom. The van der Waals surface area contributed by atoms with Gasteiger partial charge < -0.3 is 5.11 Å². The number of carbonyl (C=O) groups is 1. The van der Waals surface area contributed by atoms with Crippen LogP contribution < -0.4 is 0 Å². The first kappa shape index (κ1) is 12.6. The molecule has 1 N–H and O–H groups in total. The summed E-state index contributed by atoms with van der Waals surface area (Å²) in [6.45, 7) is 1.93. The van der Waals surface area contributed by atoms with Gasteiger partial charge >= 0.3 is 5.97 Å². The van der Waals surface area contributed by atoms with Gasteiger partial charge in [0.15, 0.2) is 0 Å². The summed E-state index contributed by atoms with van der Waals surface area (Å²) in [5.74, 6) is -0.125. The molecule has 3 atom stereocenters. The predicted octanol–water partition coefficient (Wildman–Crippen LogP) is 3.57. The zero-order valence-corrected chi connectivity index (χ0v) is 11.2. The maximum Gasteiger partial charge on any atom is 0.310 e. The third-order valence-corrected chi connectivity index (χ3v) is 5.22. The number of carboxylic acid groups (broad SMARTS) is 1. The van der Waals surface area contributed by atoms with Gasteiger partial charge in [-0.3, -0.25) is 4.79 Å². The Morgan fingerprint density at radius 2 is 2.26 bits per heavy atom. The SMILES string of the molecule is Cc1ccc(F)cc1CC1(C(=O)O)CC2CCC1C2. The average molecular weight is 262 g/mol. The van der Waals surface area contributed by atoms with Gasteiger partial charge in [-0.25, -0.2) is 4.39 Å². The average Bonchev–Trinajstić information content (AvgIpc) is 2.94. The highest BCUT2D eigenvalue weighted by Gasteiger charge is 2.55. The third-order valence-electron chi connectivity index (χ3n) is 5.22. The van der Waals surface area contributed by atoms with Crippen LogP contribution in [-0.4, -0.2) is 11.1 Å². The van der Waals surface area contributed by atoms with Crippen molar-refractivity contribution < 1.29 is 14.3 Å². The molecule has 0 spiro atoms. The van der Waals surface area contributed by atoms with Gasteiger partial charge in [-0.2, -0.15) is 0 Å². The monoisotopic (exact) mass is 262 g/mol. The normalized spacial score (nSPS) is 32.7. The summed E-state index contributed by atoms with van der Waals surface area (Å²) in [6, 6.07) is 4.69. The summed E-state index contributed by atoms with van der Waals surface area (Å²) in [7, 11) is 0. The summed E-state index contributed by atoms with van der Waals surface area (Å²) in [6.07, 6.45) is 4.48. The van der Waals surface area contributed by atoms with Crippen LogP contribution in [0.2, 0.25) is 0 Å². The molecule has 0 saturated heterocycles. The van der Waals surface area contributed by atoms with E-state index >= 15 is 0 Å². The smallest absolute Gasteiger partial charge is 0.310 e. The Labute approximate surface area is 112 Å². The summed E-state index contributed by atoms with van der Waals surface area (Å²) >= 11 is 0. The van der Waals surface area contributed by atoms with E-state index in [4.69, 9.17) is 0 Å². The van der Waals surface area contributed by atoms with E-state index in [9.17, 15) is 14.3 Å². The minimum Gasteiger partial charge on any atom is -0.481 e. The fourth-order valence-corrected chi connectivity index (χ4v) is 4.17. The second-order valence-corrected chi connectivity index (χ2v) is 6.29. The molecule has 102 valence electrons. The highest BCUT2D eigenvalue weighted by molar-refractivity contribution is 5.76. The van der Waals surface area contributed by atoms with Crippen molar-refractivity contribution in [3.8, 4) is 0 Å². The standard InChI is InChI=1S/C16H19FO2/c1-10-2-5-14(17)7-12(10)9-16(15(18)19)8-11-3-4-13(16)6-11/h2,5,7,11,13H,3-4,6,8-9H2,1H3,(H,18,19). The van der Waals surface area contributed by atoms with Crippen molar-refractivity contribution in [3.63, 3.8) is 0 Å². The molecule has 2 fully saturated rings. The van der Waals surface area contributed by atoms with E-state index in [0.29, 0.717) is 12.3 Å². The van der Waals surface area contributed by atoms with E-state index in [0.717, 1.165) is 30.4 Å². The second kappa shape index (κ2) is 4.32. The number of hydrogen-bond donors (Lipinski definition) is 1. The molecule has 2 saturated carbocycles. The summed E-state index contributed by atoms with van der Waals surface area (Å²) in [4.78, 5) is 11.8. The molecule has 2 aliphatic carbocycles. The highest BCUT2D eigenvalue weighted by Crippen LogP contribution is 2.57. The van der Waals surface area contributed by atoms with Crippen molar-refractivity contribution in [2.45, 2.75) is 39.0 Å². The molecule has 0 heterocycles. The van der Waals surface area contributed by atoms with E-state index in [2.05, 4.69) is 0 Å². The zero-order valence-electron chi connectivity index (χ0n) is 11.2. The van der Waals surface area contributed by atoms with Crippen molar-refractivity contribution in [2.24, 2.45) is 17.3 Å². The van der Waals surface area contributed by atoms with E-state index in [1.54, 1.807) is 6.07 Å². The highest BCUT2D eigenvalue weighted by atomic mass is 19.1. The van der Waals surface area contributed by atoms with Crippen molar-refractivity contribution >= 4 is 5.97 Å². The van der Waals surface area contributed by atoms with E-state index in [1.165, 1.54) is 18.6 Å². The zero-order chi connectivity index (χ0) is 13.6. The fraction of sp³-hybridized carbons (Fsp3) is 0.562. The Bertz CT molecular complexity index is 525. The van der Waals surface area contributed by atoms with Crippen LogP contribution in [0, 0.1) is 30.0 Å². The lowest BCUT2D eigenvalue weighted by molar-refractivity contribution is -0.152. The maximum absolute atomic E-state index is 13.4. The van der Waals surface area contributed by atoms with Gasteiger partial charge in [-0.05, 0) is 67.7 Å². The van der Waals surface area contributed by atoms with Gasteiger partial charge in [0.25, 0.3) is 0 Å². The van der Waals surface area contributed by atoms with Crippen molar-refractivity contribution in [1.29, 1.82) is 0 Å². The molecule has 2 nitrogen and oxygen atoms in total. The molecule has 0 radical (unpaired) electrons. The number of aryl methyl sites for hydroxylation is 1. The van der Waals surface area contributed by atoms with Crippen molar-refractivity contribution in [1.82, 2.24) is 0 Å². The Hall–Kier alpha value is -1.38. The van der Waals surface area contributed by atoms with Gasteiger partial charge in [-0.15, -0.1) is 0 Å². The maximum atomic E-state index is 13.4. The molecule has 2 aliphatic rings. The molecule has 0 amide bonds. The lowest BCUT2D eigenvalue weighted by Gasteiger charge is -2.34. The summed E-state index contributed by atoms with van der Waals surface area (Å²) < 4.78 is 13.4. The van der Waals surface area contributed by atoms with Crippen LogP contribution in [0.4, 0.5) is 4.39 Å². The third kappa shape index (κ3) is 1.96. The van der Waals surface area contributed by atoms with Crippen molar-refractivity contribution in [2.75, 3.05) is 0 Å². The molecule has 3 unspecified atom stereocenters. The number of aliphatic carboxylic acids is 1. The van der Waals surface area contributed by atoms with Gasteiger partial charge in [-0.1, -0.05) is 12.5 Å². The molecule has 1 aromatic carbocycles. The first-order chi connectivity index (χ1) is 9.01. The number of rotatable bonds is 3. The van der Waals surface area contributed by atoms with Crippen LogP contribution in [0.3, 0.4) is 0 Å². The number of carboxylic acids is 1. The van der Waals surface area contributed by atoms with E-state index in [1.807, 2.05) is 6.92 Å². The van der Waals surface area contributed by atoms with Crippen LogP contribution in [0.25, 0.3) is 0 Å². The number of benzene rings is 1. The van der Waals surface area contributed by atoms with Crippen LogP contribution in [0.5, 0.6) is 0 Å². The molecule has 1 aromatic rings. The molecular weight excluding hydrogens is 243 g/mol. The van der Waals surface area contributed by atoms with Gasteiger partial charge in [0.1, 0.15) is 5.82 Å². The molecule has 2 bridgehead atoms. The lowest BCUT2D eigenvalue weighted by Crippen LogP contribution is -2.38. The van der Waals surface area contributed by atoms with Crippen LogP contribution in [0.15, 0.2) is 18.2 Å². The summed E-state index contributed by atoms with van der Waals surface area (Å²) in [5, 5.41) is 9.71. The topological polar surface area (TPSA) is 37.3 Å². The van der Waals surface area contributed by atoms with E-state index in [-0.39, 0.29) is 11.7 Å². The Morgan fingerprint density at radius 3 is 2.84 bits per heavy atom. The number of halogens is 1. The summed E-state index contributed by atoms with van der Waals surface area (Å²) in [5.41, 5.74) is 1.20. The first-order valence-electron chi connectivity index (χ1n) is 7.00. The molecular formula is C16H19FO2. The lowest BCUT2D eigenvalue weighted by atomic mass is 9.69. The molecule has 0 aliphatic heterocycles. The quantitative estimate of drug-likeness (QED) is 0.904. The van der Waals surface area contributed by atoms with Gasteiger partial charge in [0.05, 0.1) is 5.41 Å². The molecule has 3 heteroatoms. The van der Waals surface area contributed by atoms with Crippen LogP contribution in [-0.2, 0) is 11.2 Å². The first-order valence-corrected chi connectivity index (χ1v) is 7.00. The van der Waals surface area contributed by atoms with E-state index < -0.39 is 11.4 Å². The van der Waals surface area contributed by atoms with Gasteiger partial charge in [0.2, 0.25) is 0 Å². The molecule has 0 aromatic heterocycles. The number of fused-ring (bicyclic) bond motifs is 2. The molecule has 19 heavy (non-hydrogen) atoms. The van der Waals surface area contributed by atoms with Crippen LogP contribution in [0.1, 0.15) is 36.8 Å². The second-order valence-electron chi connectivity index (χ2n) is 6.29. The fourth-order valence-electron chi connectivity index (χ4n) is 4.17. The van der Waals surface area contributed by atoms with Gasteiger partial charge in [0, 0.05) is 0 Å². The largest absolute Gasteiger partial charge is 0.481 e. The van der Waals surface area contributed by atoms with Crippen molar-refractivity contribution in [3.05, 3.63) is 35.1 Å². The number of hydrogen-bond acceptors (Lipinski definition) is 1. The molecule has 3 rings (SSSR count). The predicted molar refractivity (Wildman–Crippen MR) is 70.4 cm³/mol. The van der Waals surface area contributed by atoms with Crippen LogP contribution >= 0.6 is 0 Å². The Balaban J connectivity index is 1.95. The Kier molecular flexibility index (Phi) is 2.88. The minimum atomic E-state index is -0.691.